The molecule has 0 saturated carbocycles. The maximum atomic E-state index is 12.7. The second kappa shape index (κ2) is 8.23. The molecule has 28 heavy (non-hydrogen) atoms. The summed E-state index contributed by atoms with van der Waals surface area (Å²) in [4.78, 5) is 17.5. The Balaban J connectivity index is 1.34. The van der Waals surface area contributed by atoms with Gasteiger partial charge in [-0.3, -0.25) is 4.79 Å². The number of benzene rings is 2. The molecule has 0 atom stereocenters. The zero-order valence-electron chi connectivity index (χ0n) is 16.6. The summed E-state index contributed by atoms with van der Waals surface area (Å²) in [6.07, 6.45) is 3.87. The van der Waals surface area contributed by atoms with Gasteiger partial charge < -0.3 is 19.9 Å². The number of amides is 1. The molecule has 5 nitrogen and oxygen atoms in total. The predicted octanol–water partition coefficient (Wildman–Crippen LogP) is 3.06. The van der Waals surface area contributed by atoms with Crippen molar-refractivity contribution in [2.24, 2.45) is 0 Å². The van der Waals surface area contributed by atoms with E-state index < -0.39 is 0 Å². The van der Waals surface area contributed by atoms with Gasteiger partial charge in [-0.15, -0.1) is 0 Å². The number of methoxy groups -OCH3 is 1. The van der Waals surface area contributed by atoms with E-state index in [2.05, 4.69) is 39.4 Å². The van der Waals surface area contributed by atoms with Gasteiger partial charge in [0, 0.05) is 18.8 Å². The normalized spacial score (nSPS) is 19.0. The molecule has 0 aliphatic carbocycles. The van der Waals surface area contributed by atoms with Gasteiger partial charge in [-0.1, -0.05) is 36.4 Å². The van der Waals surface area contributed by atoms with Crippen molar-refractivity contribution in [2.45, 2.75) is 31.2 Å². The monoisotopic (exact) mass is 379 g/mol. The molecule has 2 heterocycles. The Morgan fingerprint density at radius 1 is 1.04 bits per heavy atom. The molecule has 2 aromatic rings. The summed E-state index contributed by atoms with van der Waals surface area (Å²) in [6.45, 7) is 3.59. The molecule has 2 aromatic carbocycles. The van der Waals surface area contributed by atoms with E-state index in [1.807, 2.05) is 30.3 Å². The maximum Gasteiger partial charge on any atom is 0.247 e. The highest BCUT2D eigenvalue weighted by molar-refractivity contribution is 5.93. The Morgan fingerprint density at radius 2 is 1.75 bits per heavy atom. The molecule has 2 aliphatic rings. The van der Waals surface area contributed by atoms with Crippen LogP contribution in [-0.2, 0) is 11.2 Å². The third-order valence-electron chi connectivity index (χ3n) is 6.20. The number of aryl methyl sites for hydroxylation is 1. The van der Waals surface area contributed by atoms with Crippen LogP contribution in [0.3, 0.4) is 0 Å². The van der Waals surface area contributed by atoms with E-state index >= 15 is 0 Å². The Morgan fingerprint density at radius 3 is 2.50 bits per heavy atom. The molecule has 1 spiro atoms. The van der Waals surface area contributed by atoms with Gasteiger partial charge in [-0.05, 0) is 56.0 Å². The van der Waals surface area contributed by atoms with E-state index in [-0.39, 0.29) is 11.4 Å². The van der Waals surface area contributed by atoms with Gasteiger partial charge in [0.2, 0.25) is 5.91 Å². The number of ether oxygens (including phenoxy) is 1. The van der Waals surface area contributed by atoms with Crippen LogP contribution >= 0.6 is 0 Å². The predicted molar refractivity (Wildman–Crippen MR) is 112 cm³/mol. The minimum Gasteiger partial charge on any atom is -0.496 e. The smallest absolute Gasteiger partial charge is 0.247 e. The Hall–Kier alpha value is -2.53. The summed E-state index contributed by atoms with van der Waals surface area (Å²) in [5.41, 5.74) is 2.01. The third kappa shape index (κ3) is 3.59. The summed E-state index contributed by atoms with van der Waals surface area (Å²) in [5.74, 6) is 1.16. The quantitative estimate of drug-likeness (QED) is 0.838. The Bertz CT molecular complexity index is 801. The van der Waals surface area contributed by atoms with Gasteiger partial charge in [-0.25, -0.2) is 0 Å². The van der Waals surface area contributed by atoms with Crippen molar-refractivity contribution < 1.29 is 9.53 Å². The number of nitrogens with zero attached hydrogens (tertiary/aromatic N) is 2. The fraction of sp³-hybridized carbons (Fsp3) is 0.435. The van der Waals surface area contributed by atoms with Crippen molar-refractivity contribution in [2.75, 3.05) is 38.3 Å². The van der Waals surface area contributed by atoms with Gasteiger partial charge >= 0.3 is 0 Å². The summed E-state index contributed by atoms with van der Waals surface area (Å²) in [7, 11) is 1.73. The molecule has 2 fully saturated rings. The average Bonchev–Trinajstić information content (AvgIpc) is 3.06. The van der Waals surface area contributed by atoms with Crippen molar-refractivity contribution in [1.29, 1.82) is 0 Å². The zero-order valence-corrected chi connectivity index (χ0v) is 16.6. The molecule has 1 N–H and O–H groups in total. The second-order valence-corrected chi connectivity index (χ2v) is 7.72. The highest BCUT2D eigenvalue weighted by Gasteiger charge is 2.50. The number of nitrogens with one attached hydrogen (secondary N) is 1. The van der Waals surface area contributed by atoms with Gasteiger partial charge in [-0.2, -0.15) is 0 Å². The number of para-hydroxylation sites is 2. The van der Waals surface area contributed by atoms with E-state index in [4.69, 9.17) is 4.74 Å². The summed E-state index contributed by atoms with van der Waals surface area (Å²) in [6, 6.07) is 18.5. The number of piperidine rings is 1. The summed E-state index contributed by atoms with van der Waals surface area (Å²) in [5, 5.41) is 3.08. The highest BCUT2D eigenvalue weighted by Crippen LogP contribution is 2.36. The molecule has 0 aromatic heterocycles. The fourth-order valence-corrected chi connectivity index (χ4v) is 4.58. The van der Waals surface area contributed by atoms with Crippen LogP contribution in [0.15, 0.2) is 54.6 Å². The molecule has 5 heteroatoms. The van der Waals surface area contributed by atoms with E-state index in [1.54, 1.807) is 7.11 Å². The fourth-order valence-electron chi connectivity index (χ4n) is 4.58. The molecule has 148 valence electrons. The van der Waals surface area contributed by atoms with Crippen LogP contribution in [0.2, 0.25) is 0 Å². The van der Waals surface area contributed by atoms with Crippen molar-refractivity contribution in [3.63, 3.8) is 0 Å². The van der Waals surface area contributed by atoms with Crippen LogP contribution in [0.5, 0.6) is 5.75 Å². The van der Waals surface area contributed by atoms with E-state index in [1.165, 1.54) is 5.56 Å². The molecular formula is C23H29N3O2. The first-order chi connectivity index (χ1) is 13.7. The van der Waals surface area contributed by atoms with Crippen molar-refractivity contribution in [3.05, 3.63) is 60.2 Å². The summed E-state index contributed by atoms with van der Waals surface area (Å²) < 4.78 is 5.45. The standard InChI is InChI=1S/C23H29N3O2/c1-28-21-12-6-5-8-19(21)9-7-15-25-16-13-23(14-17-25)22(27)24-18-26(23)20-10-3-2-4-11-20/h2-6,8,10-12H,7,9,13-18H2,1H3,(H,24,27). The molecule has 4 rings (SSSR count). The number of rotatable bonds is 6. The van der Waals surface area contributed by atoms with Crippen molar-refractivity contribution in [1.82, 2.24) is 10.2 Å². The topological polar surface area (TPSA) is 44.8 Å². The number of carbonyl (C=O) groups excluding carboxylic acids is 1. The minimum absolute atomic E-state index is 0.185. The van der Waals surface area contributed by atoms with Crippen LogP contribution in [0, 0.1) is 0 Å². The Labute approximate surface area is 167 Å². The zero-order chi connectivity index (χ0) is 19.4. The van der Waals surface area contributed by atoms with Crippen LogP contribution in [0.4, 0.5) is 5.69 Å². The van der Waals surface area contributed by atoms with Crippen molar-refractivity contribution >= 4 is 11.6 Å². The first-order valence-corrected chi connectivity index (χ1v) is 10.2. The second-order valence-electron chi connectivity index (χ2n) is 7.72. The van der Waals surface area contributed by atoms with Crippen LogP contribution in [0.1, 0.15) is 24.8 Å². The minimum atomic E-state index is -0.388. The van der Waals surface area contributed by atoms with Crippen LogP contribution in [-0.4, -0.2) is 49.8 Å². The molecule has 0 unspecified atom stereocenters. The lowest BCUT2D eigenvalue weighted by Crippen LogP contribution is -2.56. The molecule has 2 aliphatic heterocycles. The first-order valence-electron chi connectivity index (χ1n) is 10.2. The number of hydrogen-bond donors (Lipinski definition) is 1. The maximum absolute atomic E-state index is 12.7. The SMILES string of the molecule is COc1ccccc1CCCN1CCC2(CC1)C(=O)NCN2c1ccccc1. The third-order valence-corrected chi connectivity index (χ3v) is 6.20. The number of anilines is 1. The summed E-state index contributed by atoms with van der Waals surface area (Å²) >= 11 is 0. The largest absolute Gasteiger partial charge is 0.496 e. The molecule has 0 bridgehead atoms. The van der Waals surface area contributed by atoms with Gasteiger partial charge in [0.05, 0.1) is 13.8 Å². The van der Waals surface area contributed by atoms with E-state index in [0.717, 1.165) is 56.8 Å². The van der Waals surface area contributed by atoms with E-state index in [0.29, 0.717) is 6.67 Å². The number of hydrogen-bond acceptors (Lipinski definition) is 4. The van der Waals surface area contributed by atoms with Crippen LogP contribution in [0.25, 0.3) is 0 Å². The lowest BCUT2D eigenvalue weighted by atomic mass is 9.85. The van der Waals surface area contributed by atoms with Crippen molar-refractivity contribution in [3.8, 4) is 5.75 Å². The molecular weight excluding hydrogens is 350 g/mol. The number of likely N-dealkylation sites (tertiary alicyclic amines) is 1. The lowest BCUT2D eigenvalue weighted by molar-refractivity contribution is -0.125. The highest BCUT2D eigenvalue weighted by atomic mass is 16.5. The first kappa shape index (κ1) is 18.8. The average molecular weight is 380 g/mol. The van der Waals surface area contributed by atoms with Crippen LogP contribution < -0.4 is 15.0 Å². The van der Waals surface area contributed by atoms with Gasteiger partial charge in [0.1, 0.15) is 11.3 Å². The lowest BCUT2D eigenvalue weighted by Gasteiger charge is -2.43. The van der Waals surface area contributed by atoms with Gasteiger partial charge in [0.25, 0.3) is 0 Å². The number of carbonyl (C=O) groups is 1. The van der Waals surface area contributed by atoms with Gasteiger partial charge in [0.15, 0.2) is 0 Å². The van der Waals surface area contributed by atoms with E-state index in [9.17, 15) is 4.79 Å². The Kier molecular flexibility index (Phi) is 5.53. The molecule has 0 radical (unpaired) electrons. The molecule has 2 saturated heterocycles. The molecule has 1 amide bonds.